The Morgan fingerprint density at radius 2 is 1.93 bits per heavy atom. The summed E-state index contributed by atoms with van der Waals surface area (Å²) in [7, 11) is 0. The number of hydrogen-bond acceptors (Lipinski definition) is 3. The van der Waals surface area contributed by atoms with E-state index in [1.54, 1.807) is 23.2 Å². The molecule has 1 aliphatic heterocycles. The fourth-order valence-electron chi connectivity index (χ4n) is 3.73. The maximum absolute atomic E-state index is 13.0. The highest BCUT2D eigenvalue weighted by atomic mass is 16.2. The summed E-state index contributed by atoms with van der Waals surface area (Å²) in [6, 6.07) is 13.2. The molecule has 142 valence electrons. The van der Waals surface area contributed by atoms with E-state index in [0.717, 1.165) is 37.9 Å². The molecule has 1 aromatic heterocycles. The number of rotatable bonds is 5. The first kappa shape index (κ1) is 19.1. The Balaban J connectivity index is 1.84. The van der Waals surface area contributed by atoms with Gasteiger partial charge in [-0.25, -0.2) is 0 Å². The molecule has 0 bridgehead atoms. The van der Waals surface area contributed by atoms with Crippen molar-refractivity contribution < 1.29 is 9.59 Å². The molecule has 1 fully saturated rings. The lowest BCUT2D eigenvalue weighted by molar-refractivity contribution is 0.0602. The van der Waals surface area contributed by atoms with Gasteiger partial charge in [-0.3, -0.25) is 14.6 Å². The highest BCUT2D eigenvalue weighted by molar-refractivity contribution is 6.07. The zero-order valence-corrected chi connectivity index (χ0v) is 16.1. The molecule has 2 amide bonds. The Kier molecular flexibility index (Phi) is 6.22. The van der Waals surface area contributed by atoms with E-state index in [-0.39, 0.29) is 17.9 Å². The minimum atomic E-state index is -0.120. The summed E-state index contributed by atoms with van der Waals surface area (Å²) >= 11 is 0. The van der Waals surface area contributed by atoms with Gasteiger partial charge in [0.1, 0.15) is 5.69 Å². The minimum absolute atomic E-state index is 0.0704. The molecule has 1 aromatic carbocycles. The zero-order chi connectivity index (χ0) is 19.2. The SMILES string of the molecule is CCC1CCCCN1C(=O)c1cc(C(=O)N(CC)c2ccccc2)ccn1. The molecular weight excluding hydrogens is 338 g/mol. The van der Waals surface area contributed by atoms with Crippen molar-refractivity contribution in [1.82, 2.24) is 9.88 Å². The zero-order valence-electron chi connectivity index (χ0n) is 16.1. The molecule has 2 heterocycles. The third-order valence-corrected chi connectivity index (χ3v) is 5.21. The van der Waals surface area contributed by atoms with Crippen LogP contribution in [0.3, 0.4) is 0 Å². The van der Waals surface area contributed by atoms with Crippen molar-refractivity contribution >= 4 is 17.5 Å². The number of nitrogens with zero attached hydrogens (tertiary/aromatic N) is 3. The van der Waals surface area contributed by atoms with Crippen LogP contribution in [0.4, 0.5) is 5.69 Å². The number of amides is 2. The highest BCUT2D eigenvalue weighted by Crippen LogP contribution is 2.22. The second kappa shape index (κ2) is 8.80. The Hall–Kier alpha value is -2.69. The fourth-order valence-corrected chi connectivity index (χ4v) is 3.73. The largest absolute Gasteiger partial charge is 0.334 e. The molecule has 2 aromatic rings. The maximum atomic E-state index is 13.0. The van der Waals surface area contributed by atoms with Gasteiger partial charge in [-0.15, -0.1) is 0 Å². The molecule has 0 aliphatic carbocycles. The van der Waals surface area contributed by atoms with Gasteiger partial charge in [0.15, 0.2) is 0 Å². The first-order valence-electron chi connectivity index (χ1n) is 9.79. The molecule has 1 atom stereocenters. The van der Waals surface area contributed by atoms with Crippen LogP contribution in [0, 0.1) is 0 Å². The average Bonchev–Trinajstić information content (AvgIpc) is 2.74. The molecule has 1 aliphatic rings. The van der Waals surface area contributed by atoms with E-state index in [1.165, 1.54) is 0 Å². The number of pyridine rings is 1. The summed E-state index contributed by atoms with van der Waals surface area (Å²) in [5.41, 5.74) is 1.69. The number of para-hydroxylation sites is 1. The van der Waals surface area contributed by atoms with Crippen molar-refractivity contribution in [2.75, 3.05) is 18.0 Å². The Morgan fingerprint density at radius 1 is 1.15 bits per heavy atom. The number of benzene rings is 1. The van der Waals surface area contributed by atoms with Crippen molar-refractivity contribution in [2.45, 2.75) is 45.6 Å². The third kappa shape index (κ3) is 4.18. The van der Waals surface area contributed by atoms with Gasteiger partial charge in [-0.05, 0) is 56.9 Å². The molecule has 0 spiro atoms. The van der Waals surface area contributed by atoms with Crippen molar-refractivity contribution in [1.29, 1.82) is 0 Å². The van der Waals surface area contributed by atoms with Gasteiger partial charge in [0.2, 0.25) is 0 Å². The van der Waals surface area contributed by atoms with Crippen LogP contribution in [0.15, 0.2) is 48.7 Å². The summed E-state index contributed by atoms with van der Waals surface area (Å²) in [4.78, 5) is 33.9. The second-order valence-electron chi connectivity index (χ2n) is 6.87. The molecule has 3 rings (SSSR count). The molecule has 5 nitrogen and oxygen atoms in total. The number of likely N-dealkylation sites (tertiary alicyclic amines) is 1. The van der Waals surface area contributed by atoms with E-state index in [0.29, 0.717) is 17.8 Å². The molecule has 0 radical (unpaired) electrons. The standard InChI is InChI=1S/C22H27N3O2/c1-3-18-10-8-9-15-25(18)22(27)20-16-17(13-14-23-20)21(26)24(4-2)19-11-6-5-7-12-19/h5-7,11-14,16,18H,3-4,8-10,15H2,1-2H3. The van der Waals surface area contributed by atoms with Crippen LogP contribution in [-0.4, -0.2) is 40.8 Å². The van der Waals surface area contributed by atoms with Gasteiger partial charge in [0, 0.05) is 36.6 Å². The van der Waals surface area contributed by atoms with Crippen molar-refractivity contribution in [3.8, 4) is 0 Å². The van der Waals surface area contributed by atoms with E-state index in [9.17, 15) is 9.59 Å². The van der Waals surface area contributed by atoms with Crippen LogP contribution in [0.5, 0.6) is 0 Å². The predicted octanol–water partition coefficient (Wildman–Crippen LogP) is 4.15. The molecule has 1 saturated heterocycles. The van der Waals surface area contributed by atoms with E-state index in [4.69, 9.17) is 0 Å². The smallest absolute Gasteiger partial charge is 0.272 e. The van der Waals surface area contributed by atoms with Crippen LogP contribution in [0.2, 0.25) is 0 Å². The first-order valence-corrected chi connectivity index (χ1v) is 9.79. The summed E-state index contributed by atoms with van der Waals surface area (Å²) in [6.07, 6.45) is 5.74. The summed E-state index contributed by atoms with van der Waals surface area (Å²) in [5.74, 6) is -0.190. The number of anilines is 1. The quantitative estimate of drug-likeness (QED) is 0.800. The lowest BCUT2D eigenvalue weighted by Gasteiger charge is -2.35. The minimum Gasteiger partial charge on any atom is -0.334 e. The van der Waals surface area contributed by atoms with Crippen LogP contribution in [-0.2, 0) is 0 Å². The maximum Gasteiger partial charge on any atom is 0.272 e. The van der Waals surface area contributed by atoms with E-state index in [2.05, 4.69) is 11.9 Å². The monoisotopic (exact) mass is 365 g/mol. The normalized spacial score (nSPS) is 16.8. The number of hydrogen-bond donors (Lipinski definition) is 0. The van der Waals surface area contributed by atoms with Crippen LogP contribution >= 0.6 is 0 Å². The van der Waals surface area contributed by atoms with Gasteiger partial charge < -0.3 is 9.80 Å². The second-order valence-corrected chi connectivity index (χ2v) is 6.87. The molecule has 27 heavy (non-hydrogen) atoms. The lowest BCUT2D eigenvalue weighted by atomic mass is 9.99. The van der Waals surface area contributed by atoms with E-state index in [1.807, 2.05) is 42.2 Å². The van der Waals surface area contributed by atoms with Gasteiger partial charge in [0.05, 0.1) is 0 Å². The topological polar surface area (TPSA) is 53.5 Å². The van der Waals surface area contributed by atoms with Crippen LogP contribution in [0.1, 0.15) is 60.4 Å². The van der Waals surface area contributed by atoms with Crippen LogP contribution < -0.4 is 4.90 Å². The van der Waals surface area contributed by atoms with Crippen molar-refractivity contribution in [3.63, 3.8) is 0 Å². The predicted molar refractivity (Wildman–Crippen MR) is 107 cm³/mol. The molecule has 1 unspecified atom stereocenters. The summed E-state index contributed by atoms with van der Waals surface area (Å²) in [6.45, 7) is 5.38. The fraction of sp³-hybridized carbons (Fsp3) is 0.409. The molecule has 5 heteroatoms. The number of carbonyl (C=O) groups excluding carboxylic acids is 2. The van der Waals surface area contributed by atoms with Crippen molar-refractivity contribution in [3.05, 3.63) is 59.9 Å². The van der Waals surface area contributed by atoms with Crippen molar-refractivity contribution in [2.24, 2.45) is 0 Å². The number of aromatic nitrogens is 1. The molecular formula is C22H27N3O2. The van der Waals surface area contributed by atoms with Gasteiger partial charge in [-0.2, -0.15) is 0 Å². The summed E-state index contributed by atoms with van der Waals surface area (Å²) in [5, 5.41) is 0. The average molecular weight is 365 g/mol. The number of piperidine rings is 1. The Morgan fingerprint density at radius 3 is 2.63 bits per heavy atom. The lowest BCUT2D eigenvalue weighted by Crippen LogP contribution is -2.43. The van der Waals surface area contributed by atoms with Gasteiger partial charge in [0.25, 0.3) is 11.8 Å². The number of carbonyl (C=O) groups is 2. The summed E-state index contributed by atoms with van der Waals surface area (Å²) < 4.78 is 0. The highest BCUT2D eigenvalue weighted by Gasteiger charge is 2.27. The molecule has 0 N–H and O–H groups in total. The Bertz CT molecular complexity index is 791. The Labute approximate surface area is 161 Å². The van der Waals surface area contributed by atoms with Crippen LogP contribution in [0.25, 0.3) is 0 Å². The molecule has 0 saturated carbocycles. The van der Waals surface area contributed by atoms with Gasteiger partial charge >= 0.3 is 0 Å². The van der Waals surface area contributed by atoms with Gasteiger partial charge in [-0.1, -0.05) is 25.1 Å². The van der Waals surface area contributed by atoms with E-state index >= 15 is 0 Å². The van der Waals surface area contributed by atoms with E-state index < -0.39 is 0 Å². The first-order chi connectivity index (χ1) is 13.2. The third-order valence-electron chi connectivity index (χ3n) is 5.21.